The summed E-state index contributed by atoms with van der Waals surface area (Å²) in [4.78, 5) is 16.9. The molecule has 152 valence electrons. The van der Waals surface area contributed by atoms with Gasteiger partial charge in [0.1, 0.15) is 11.6 Å². The van der Waals surface area contributed by atoms with Crippen molar-refractivity contribution in [3.8, 4) is 0 Å². The van der Waals surface area contributed by atoms with Gasteiger partial charge >= 0.3 is 0 Å². The van der Waals surface area contributed by atoms with E-state index in [1.807, 2.05) is 24.8 Å². The molecule has 0 aliphatic heterocycles. The summed E-state index contributed by atoms with van der Waals surface area (Å²) in [6, 6.07) is 2.32. The number of hydrogen-bond acceptors (Lipinski definition) is 5. The Morgan fingerprint density at radius 1 is 1.30 bits per heavy atom. The SMILES string of the molecule is CCC/C(C)=C/CC/C(C)=C/CSCC(C)Nc1ccnc(C)n1.O=CO. The molecule has 5 nitrogen and oxygen atoms in total. The Morgan fingerprint density at radius 2 is 1.96 bits per heavy atom. The molecule has 0 radical (unpaired) electrons. The number of rotatable bonds is 11. The number of carboxylic acid groups (broad SMARTS) is 1. The molecule has 27 heavy (non-hydrogen) atoms. The standard InChI is InChI=1S/C20H33N3S.CH2O2/c1-6-8-16(2)9-7-10-17(3)12-14-24-15-18(4)22-20-11-13-21-19(5)23-20;2-1-3/h9,11-13,18H,6-8,10,14-15H2,1-5H3,(H,21,22,23);1H,(H,2,3)/b16-9+,17-12+;. The molecule has 0 saturated heterocycles. The monoisotopic (exact) mass is 393 g/mol. The van der Waals surface area contributed by atoms with Gasteiger partial charge in [0.2, 0.25) is 0 Å². The summed E-state index contributed by atoms with van der Waals surface area (Å²) in [6.45, 7) is 10.6. The zero-order chi connectivity index (χ0) is 20.5. The van der Waals surface area contributed by atoms with Crippen molar-refractivity contribution in [3.63, 3.8) is 0 Å². The van der Waals surface area contributed by atoms with E-state index in [9.17, 15) is 0 Å². The van der Waals surface area contributed by atoms with Crippen LogP contribution in [0.15, 0.2) is 35.6 Å². The van der Waals surface area contributed by atoms with Crippen LogP contribution < -0.4 is 5.32 Å². The van der Waals surface area contributed by atoms with Gasteiger partial charge in [-0.25, -0.2) is 9.97 Å². The number of hydrogen-bond donors (Lipinski definition) is 2. The van der Waals surface area contributed by atoms with Crippen molar-refractivity contribution in [1.29, 1.82) is 0 Å². The molecule has 0 aromatic carbocycles. The highest BCUT2D eigenvalue weighted by Gasteiger charge is 2.03. The molecule has 6 heteroatoms. The number of aryl methyl sites for hydroxylation is 1. The van der Waals surface area contributed by atoms with E-state index >= 15 is 0 Å². The molecule has 2 N–H and O–H groups in total. The minimum Gasteiger partial charge on any atom is -0.483 e. The second-order valence-corrected chi connectivity index (χ2v) is 7.64. The predicted octanol–water partition coefficient (Wildman–Crippen LogP) is 5.49. The summed E-state index contributed by atoms with van der Waals surface area (Å²) in [6.07, 6.45) is 11.4. The smallest absolute Gasteiger partial charge is 0.290 e. The van der Waals surface area contributed by atoms with Gasteiger partial charge in [-0.1, -0.05) is 36.6 Å². The van der Waals surface area contributed by atoms with Crippen LogP contribution in [0.25, 0.3) is 0 Å². The fourth-order valence-corrected chi connectivity index (χ4v) is 3.40. The van der Waals surface area contributed by atoms with Crippen LogP contribution in [0.1, 0.15) is 59.2 Å². The van der Waals surface area contributed by atoms with E-state index in [1.165, 1.54) is 36.8 Å². The number of carbonyl (C=O) groups is 1. The largest absolute Gasteiger partial charge is 0.483 e. The van der Waals surface area contributed by atoms with Gasteiger partial charge in [0.15, 0.2) is 0 Å². The Bertz CT molecular complexity index is 589. The lowest BCUT2D eigenvalue weighted by atomic mass is 10.1. The fourth-order valence-electron chi connectivity index (χ4n) is 2.42. The lowest BCUT2D eigenvalue weighted by molar-refractivity contribution is -0.122. The maximum absolute atomic E-state index is 8.36. The average Bonchev–Trinajstić information content (AvgIpc) is 2.60. The van der Waals surface area contributed by atoms with Gasteiger partial charge < -0.3 is 10.4 Å². The van der Waals surface area contributed by atoms with Gasteiger partial charge in [-0.2, -0.15) is 11.8 Å². The van der Waals surface area contributed by atoms with Crippen molar-refractivity contribution in [2.45, 2.75) is 66.3 Å². The second-order valence-electron chi connectivity index (χ2n) is 6.57. The molecule has 1 heterocycles. The van der Waals surface area contributed by atoms with E-state index in [1.54, 1.807) is 6.20 Å². The molecular weight excluding hydrogens is 358 g/mol. The third-order valence-electron chi connectivity index (χ3n) is 3.76. The Kier molecular flexibility index (Phi) is 15.3. The van der Waals surface area contributed by atoms with E-state index < -0.39 is 0 Å². The quantitative estimate of drug-likeness (QED) is 0.294. The second kappa shape index (κ2) is 16.4. The number of allylic oxidation sites excluding steroid dienone is 3. The average molecular weight is 394 g/mol. The van der Waals surface area contributed by atoms with Crippen molar-refractivity contribution in [1.82, 2.24) is 9.97 Å². The molecule has 1 atom stereocenters. The van der Waals surface area contributed by atoms with Crippen LogP contribution in [0.2, 0.25) is 0 Å². The zero-order valence-corrected chi connectivity index (χ0v) is 18.2. The van der Waals surface area contributed by atoms with E-state index in [2.05, 4.69) is 55.1 Å². The number of nitrogens with one attached hydrogen (secondary N) is 1. The van der Waals surface area contributed by atoms with Crippen molar-refractivity contribution < 1.29 is 9.90 Å². The van der Waals surface area contributed by atoms with Crippen LogP contribution in [0.3, 0.4) is 0 Å². The van der Waals surface area contributed by atoms with Crippen LogP contribution in [0.5, 0.6) is 0 Å². The minimum atomic E-state index is -0.250. The summed E-state index contributed by atoms with van der Waals surface area (Å²) >= 11 is 1.96. The van der Waals surface area contributed by atoms with E-state index in [0.717, 1.165) is 23.1 Å². The third kappa shape index (κ3) is 15.0. The topological polar surface area (TPSA) is 75.1 Å². The highest BCUT2D eigenvalue weighted by atomic mass is 32.2. The number of thioether (sulfide) groups is 1. The van der Waals surface area contributed by atoms with Crippen LogP contribution in [0.4, 0.5) is 5.82 Å². The highest BCUT2D eigenvalue weighted by molar-refractivity contribution is 7.99. The summed E-state index contributed by atoms with van der Waals surface area (Å²) < 4.78 is 0. The molecule has 0 fully saturated rings. The Balaban J connectivity index is 0.00000210. The summed E-state index contributed by atoms with van der Waals surface area (Å²) in [5.41, 5.74) is 3.02. The van der Waals surface area contributed by atoms with E-state index in [0.29, 0.717) is 6.04 Å². The van der Waals surface area contributed by atoms with Gasteiger partial charge in [0, 0.05) is 23.7 Å². The normalized spacial score (nSPS) is 12.8. The number of anilines is 1. The molecule has 0 aliphatic carbocycles. The lowest BCUT2D eigenvalue weighted by Crippen LogP contribution is -2.19. The van der Waals surface area contributed by atoms with E-state index in [-0.39, 0.29) is 6.47 Å². The van der Waals surface area contributed by atoms with Gasteiger partial charge in [-0.05, 0) is 53.0 Å². The van der Waals surface area contributed by atoms with Gasteiger partial charge in [-0.3, -0.25) is 4.79 Å². The molecule has 1 aromatic heterocycles. The molecule has 0 spiro atoms. The minimum absolute atomic E-state index is 0.250. The molecule has 1 unspecified atom stereocenters. The van der Waals surface area contributed by atoms with Gasteiger partial charge in [-0.15, -0.1) is 0 Å². The maximum Gasteiger partial charge on any atom is 0.290 e. The summed E-state index contributed by atoms with van der Waals surface area (Å²) in [5, 5.41) is 10.3. The first kappa shape index (κ1) is 25.2. The molecule has 0 amide bonds. The third-order valence-corrected chi connectivity index (χ3v) is 4.90. The first-order valence-electron chi connectivity index (χ1n) is 9.45. The maximum atomic E-state index is 8.36. The van der Waals surface area contributed by atoms with Crippen LogP contribution in [0, 0.1) is 6.92 Å². The van der Waals surface area contributed by atoms with Crippen LogP contribution in [-0.2, 0) is 4.79 Å². The highest BCUT2D eigenvalue weighted by Crippen LogP contribution is 2.13. The Morgan fingerprint density at radius 3 is 2.59 bits per heavy atom. The van der Waals surface area contributed by atoms with Crippen LogP contribution in [-0.4, -0.2) is 39.1 Å². The molecule has 0 bridgehead atoms. The first-order chi connectivity index (χ1) is 12.9. The van der Waals surface area contributed by atoms with Crippen LogP contribution >= 0.6 is 11.8 Å². The molecule has 0 aliphatic rings. The molecule has 1 aromatic rings. The molecular formula is C21H35N3O2S. The summed E-state index contributed by atoms with van der Waals surface area (Å²) in [5.74, 6) is 3.87. The van der Waals surface area contributed by atoms with E-state index in [4.69, 9.17) is 9.90 Å². The van der Waals surface area contributed by atoms with Crippen molar-refractivity contribution in [2.75, 3.05) is 16.8 Å². The molecule has 1 rings (SSSR count). The molecule has 0 saturated carbocycles. The number of aromatic nitrogens is 2. The van der Waals surface area contributed by atoms with Crippen molar-refractivity contribution in [3.05, 3.63) is 41.4 Å². The zero-order valence-electron chi connectivity index (χ0n) is 17.4. The number of nitrogens with zero attached hydrogens (tertiary/aromatic N) is 2. The van der Waals surface area contributed by atoms with Gasteiger partial charge in [0.05, 0.1) is 0 Å². The predicted molar refractivity (Wildman–Crippen MR) is 118 cm³/mol. The first-order valence-corrected chi connectivity index (χ1v) is 10.6. The van der Waals surface area contributed by atoms with Crippen molar-refractivity contribution in [2.24, 2.45) is 0 Å². The van der Waals surface area contributed by atoms with Crippen molar-refractivity contribution >= 4 is 24.1 Å². The lowest BCUT2D eigenvalue weighted by Gasteiger charge is -2.13. The Labute approximate surface area is 168 Å². The van der Waals surface area contributed by atoms with Gasteiger partial charge in [0.25, 0.3) is 6.47 Å². The summed E-state index contributed by atoms with van der Waals surface area (Å²) in [7, 11) is 0. The Hall–Kier alpha value is -1.82. The fraction of sp³-hybridized carbons (Fsp3) is 0.571.